The maximum atomic E-state index is 11.2. The van der Waals surface area contributed by atoms with Gasteiger partial charge in [0.2, 0.25) is 0 Å². The van der Waals surface area contributed by atoms with Crippen LogP contribution in [-0.4, -0.2) is 22.0 Å². The number of hydrogen-bond donors (Lipinski definition) is 2. The quantitative estimate of drug-likeness (QED) is 0.653. The monoisotopic (exact) mass is 200 g/mol. The Balaban J connectivity index is 2.25. The van der Waals surface area contributed by atoms with Crippen LogP contribution >= 0.6 is 12.6 Å². The van der Waals surface area contributed by atoms with Gasteiger partial charge in [-0.1, -0.05) is 0 Å². The van der Waals surface area contributed by atoms with E-state index in [-0.39, 0.29) is 10.9 Å². The molecule has 1 atom stereocenters. The van der Waals surface area contributed by atoms with Crippen molar-refractivity contribution >= 4 is 12.6 Å². The minimum Gasteiger partial charge on any atom is -0.382 e. The van der Waals surface area contributed by atoms with Gasteiger partial charge in [0.15, 0.2) is 5.76 Å². The van der Waals surface area contributed by atoms with Crippen molar-refractivity contribution in [1.29, 1.82) is 0 Å². The Morgan fingerprint density at radius 2 is 2.46 bits per heavy atom. The predicted molar refractivity (Wildman–Crippen MR) is 51.9 cm³/mol. The number of hydrogen-bond acceptors (Lipinski definition) is 4. The second kappa shape index (κ2) is 3.23. The molecule has 1 aromatic heterocycles. The molecule has 1 aliphatic rings. The molecule has 0 radical (unpaired) electrons. The molecule has 1 aromatic rings. The molecule has 0 saturated carbocycles. The summed E-state index contributed by atoms with van der Waals surface area (Å²) in [7, 11) is 0. The van der Waals surface area contributed by atoms with Gasteiger partial charge in [-0.3, -0.25) is 9.69 Å². The van der Waals surface area contributed by atoms with Gasteiger partial charge in [0.05, 0.1) is 17.5 Å². The van der Waals surface area contributed by atoms with Crippen molar-refractivity contribution < 1.29 is 4.52 Å². The number of thiol groups is 1. The number of H-pyrrole nitrogens is 1. The summed E-state index contributed by atoms with van der Waals surface area (Å²) in [5.41, 5.74) is 0.715. The van der Waals surface area contributed by atoms with Gasteiger partial charge >= 0.3 is 0 Å². The number of nitrogens with one attached hydrogen (secondary N) is 1. The number of nitrogens with zero attached hydrogens (tertiary/aromatic N) is 1. The summed E-state index contributed by atoms with van der Waals surface area (Å²) in [6, 6.07) is 0. The molecule has 5 heteroatoms. The highest BCUT2D eigenvalue weighted by molar-refractivity contribution is 7.80. The van der Waals surface area contributed by atoms with E-state index in [1.165, 1.54) is 0 Å². The van der Waals surface area contributed by atoms with Crippen molar-refractivity contribution in [2.45, 2.75) is 25.3 Å². The molecule has 0 spiro atoms. The van der Waals surface area contributed by atoms with E-state index < -0.39 is 0 Å². The third-order valence-corrected chi connectivity index (χ3v) is 2.73. The van der Waals surface area contributed by atoms with Gasteiger partial charge < -0.3 is 4.52 Å². The van der Waals surface area contributed by atoms with E-state index in [0.717, 1.165) is 24.3 Å². The second-order valence-electron chi connectivity index (χ2n) is 3.29. The molecule has 13 heavy (non-hydrogen) atoms. The Labute approximate surface area is 81.3 Å². The van der Waals surface area contributed by atoms with Crippen LogP contribution in [-0.2, 0) is 13.0 Å². The van der Waals surface area contributed by atoms with Crippen LogP contribution in [0.2, 0.25) is 0 Å². The molecular formula is C8H12N2O2S. The van der Waals surface area contributed by atoms with Crippen molar-refractivity contribution in [2.24, 2.45) is 0 Å². The van der Waals surface area contributed by atoms with Crippen LogP contribution in [0, 0.1) is 0 Å². The Bertz CT molecular complexity index is 355. The summed E-state index contributed by atoms with van der Waals surface area (Å²) >= 11 is 4.34. The lowest BCUT2D eigenvalue weighted by molar-refractivity contribution is 0.212. The zero-order chi connectivity index (χ0) is 9.42. The Morgan fingerprint density at radius 1 is 1.69 bits per heavy atom. The molecule has 4 nitrogen and oxygen atoms in total. The predicted octanol–water partition coefficient (Wildman–Crippen LogP) is 0.602. The van der Waals surface area contributed by atoms with E-state index in [4.69, 9.17) is 4.52 Å². The van der Waals surface area contributed by atoms with E-state index in [1.54, 1.807) is 0 Å². The molecule has 2 rings (SSSR count). The first-order chi connectivity index (χ1) is 6.18. The lowest BCUT2D eigenvalue weighted by Gasteiger charge is -2.27. The van der Waals surface area contributed by atoms with E-state index >= 15 is 0 Å². The highest BCUT2D eigenvalue weighted by atomic mass is 32.1. The first-order valence-corrected chi connectivity index (χ1v) is 4.81. The Morgan fingerprint density at radius 3 is 3.15 bits per heavy atom. The summed E-state index contributed by atoms with van der Waals surface area (Å²) in [5.74, 6) is 0.761. The molecule has 0 amide bonds. The number of aromatic amines is 1. The fourth-order valence-corrected chi connectivity index (χ4v) is 1.77. The first kappa shape index (κ1) is 8.90. The lowest BCUT2D eigenvalue weighted by atomic mass is 10.1. The maximum Gasteiger partial charge on any atom is 0.283 e. The summed E-state index contributed by atoms with van der Waals surface area (Å²) in [5, 5.41) is 2.56. The molecule has 0 aromatic carbocycles. The van der Waals surface area contributed by atoms with Crippen LogP contribution in [0.3, 0.4) is 0 Å². The van der Waals surface area contributed by atoms with Crippen LogP contribution in [0.25, 0.3) is 0 Å². The smallest absolute Gasteiger partial charge is 0.283 e. The van der Waals surface area contributed by atoms with Crippen LogP contribution in [0.4, 0.5) is 0 Å². The fraction of sp³-hybridized carbons (Fsp3) is 0.625. The molecule has 0 aliphatic carbocycles. The van der Waals surface area contributed by atoms with Gasteiger partial charge in [0.1, 0.15) is 0 Å². The molecule has 0 bridgehead atoms. The van der Waals surface area contributed by atoms with Crippen LogP contribution < -0.4 is 5.56 Å². The van der Waals surface area contributed by atoms with Gasteiger partial charge in [-0.15, -0.1) is 0 Å². The molecular weight excluding hydrogens is 188 g/mol. The van der Waals surface area contributed by atoms with Gasteiger partial charge in [-0.25, -0.2) is 0 Å². The van der Waals surface area contributed by atoms with Gasteiger partial charge in [-0.2, -0.15) is 17.8 Å². The van der Waals surface area contributed by atoms with E-state index in [2.05, 4.69) is 22.7 Å². The highest BCUT2D eigenvalue weighted by Crippen LogP contribution is 2.18. The zero-order valence-electron chi connectivity index (χ0n) is 7.41. The minimum atomic E-state index is -0.0820. The molecule has 0 saturated heterocycles. The SMILES string of the molecule is CC(S)N1CCc2c(o[nH]c2=O)C1. The van der Waals surface area contributed by atoms with Crippen molar-refractivity contribution in [3.63, 3.8) is 0 Å². The second-order valence-corrected chi connectivity index (χ2v) is 4.03. The highest BCUT2D eigenvalue weighted by Gasteiger charge is 2.23. The van der Waals surface area contributed by atoms with Crippen LogP contribution in [0.5, 0.6) is 0 Å². The van der Waals surface area contributed by atoms with E-state index in [0.29, 0.717) is 6.54 Å². The summed E-state index contributed by atoms with van der Waals surface area (Å²) < 4.78 is 5.05. The third-order valence-electron chi connectivity index (χ3n) is 2.40. The normalized spacial score (nSPS) is 19.8. The Hall–Kier alpha value is -0.680. The standard InChI is InChI=1S/C8H12N2O2S/c1-5(13)10-3-2-6-7(4-10)12-9-8(6)11/h5,13H,2-4H2,1H3,(H,9,11). The summed E-state index contributed by atoms with van der Waals surface area (Å²) in [6.07, 6.45) is 0.756. The van der Waals surface area contributed by atoms with Crippen molar-refractivity contribution in [3.05, 3.63) is 21.7 Å². The first-order valence-electron chi connectivity index (χ1n) is 4.30. The van der Waals surface area contributed by atoms with Gasteiger partial charge in [0.25, 0.3) is 5.56 Å². The molecule has 0 fully saturated rings. The summed E-state index contributed by atoms with van der Waals surface area (Å²) in [4.78, 5) is 13.3. The lowest BCUT2D eigenvalue weighted by Crippen LogP contribution is -2.35. The van der Waals surface area contributed by atoms with Crippen molar-refractivity contribution in [3.8, 4) is 0 Å². The van der Waals surface area contributed by atoms with Crippen molar-refractivity contribution in [1.82, 2.24) is 10.1 Å². The minimum absolute atomic E-state index is 0.0820. The molecule has 1 N–H and O–H groups in total. The maximum absolute atomic E-state index is 11.2. The van der Waals surface area contributed by atoms with E-state index in [9.17, 15) is 4.79 Å². The molecule has 1 unspecified atom stereocenters. The number of rotatable bonds is 1. The topological polar surface area (TPSA) is 49.2 Å². The summed E-state index contributed by atoms with van der Waals surface area (Å²) in [6.45, 7) is 3.57. The number of fused-ring (bicyclic) bond motifs is 1. The van der Waals surface area contributed by atoms with E-state index in [1.807, 2.05) is 6.92 Å². The fourth-order valence-electron chi connectivity index (χ4n) is 1.58. The van der Waals surface area contributed by atoms with Crippen LogP contribution in [0.1, 0.15) is 18.2 Å². The molecule has 2 heterocycles. The molecule has 72 valence electrons. The van der Waals surface area contributed by atoms with Crippen LogP contribution in [0.15, 0.2) is 9.32 Å². The number of aromatic nitrogens is 1. The zero-order valence-corrected chi connectivity index (χ0v) is 8.30. The van der Waals surface area contributed by atoms with Gasteiger partial charge in [0, 0.05) is 6.54 Å². The average molecular weight is 200 g/mol. The van der Waals surface area contributed by atoms with Crippen molar-refractivity contribution in [2.75, 3.05) is 6.54 Å². The largest absolute Gasteiger partial charge is 0.382 e. The third kappa shape index (κ3) is 1.53. The molecule has 1 aliphatic heterocycles. The van der Waals surface area contributed by atoms with Gasteiger partial charge in [-0.05, 0) is 13.3 Å². The Kier molecular flexibility index (Phi) is 2.21. The average Bonchev–Trinajstić information content (AvgIpc) is 2.47.